The van der Waals surface area contributed by atoms with Crippen LogP contribution in [0.3, 0.4) is 0 Å². The second-order valence-electron chi connectivity index (χ2n) is 5.05. The van der Waals surface area contributed by atoms with Gasteiger partial charge in [0.25, 0.3) is 0 Å². The SMILES string of the molecule is CCCOc1ccc(Cl)cc1NC(=O)N1CCOC(C)C1. The van der Waals surface area contributed by atoms with Crippen molar-refractivity contribution in [1.82, 2.24) is 4.90 Å². The molecule has 0 aromatic heterocycles. The zero-order valence-electron chi connectivity index (χ0n) is 12.4. The van der Waals surface area contributed by atoms with E-state index in [0.29, 0.717) is 42.8 Å². The van der Waals surface area contributed by atoms with Crippen molar-refractivity contribution in [3.8, 4) is 5.75 Å². The fraction of sp³-hybridized carbons (Fsp3) is 0.533. The highest BCUT2D eigenvalue weighted by Crippen LogP contribution is 2.28. The standard InChI is InChI=1S/C15H21ClN2O3/c1-3-7-21-14-5-4-12(16)9-13(14)17-15(19)18-6-8-20-11(2)10-18/h4-5,9,11H,3,6-8,10H2,1-2H3,(H,17,19). The summed E-state index contributed by atoms with van der Waals surface area (Å²) in [7, 11) is 0. The lowest BCUT2D eigenvalue weighted by Gasteiger charge is -2.31. The zero-order valence-corrected chi connectivity index (χ0v) is 13.2. The number of nitrogens with one attached hydrogen (secondary N) is 1. The summed E-state index contributed by atoms with van der Waals surface area (Å²) in [4.78, 5) is 14.0. The summed E-state index contributed by atoms with van der Waals surface area (Å²) in [6, 6.07) is 5.07. The Labute approximate surface area is 130 Å². The van der Waals surface area contributed by atoms with Gasteiger partial charge in [-0.05, 0) is 31.5 Å². The molecule has 0 aliphatic carbocycles. The average molecular weight is 313 g/mol. The molecule has 1 saturated heterocycles. The van der Waals surface area contributed by atoms with E-state index in [2.05, 4.69) is 5.32 Å². The number of hydrogen-bond donors (Lipinski definition) is 1. The van der Waals surface area contributed by atoms with Crippen LogP contribution in [0.1, 0.15) is 20.3 Å². The largest absolute Gasteiger partial charge is 0.491 e. The number of rotatable bonds is 4. The van der Waals surface area contributed by atoms with Crippen LogP contribution in [-0.4, -0.2) is 43.3 Å². The maximum absolute atomic E-state index is 12.3. The van der Waals surface area contributed by atoms with Crippen LogP contribution in [-0.2, 0) is 4.74 Å². The fourth-order valence-electron chi connectivity index (χ4n) is 2.13. The summed E-state index contributed by atoms with van der Waals surface area (Å²) >= 11 is 6.00. The van der Waals surface area contributed by atoms with Gasteiger partial charge in [-0.3, -0.25) is 0 Å². The molecule has 1 N–H and O–H groups in total. The monoisotopic (exact) mass is 312 g/mol. The molecule has 0 saturated carbocycles. The van der Waals surface area contributed by atoms with Crippen molar-refractivity contribution in [1.29, 1.82) is 0 Å². The van der Waals surface area contributed by atoms with Gasteiger partial charge in [-0.2, -0.15) is 0 Å². The lowest BCUT2D eigenvalue weighted by molar-refractivity contribution is -0.00139. The maximum Gasteiger partial charge on any atom is 0.322 e. The zero-order chi connectivity index (χ0) is 15.2. The van der Waals surface area contributed by atoms with Crippen LogP contribution in [0.2, 0.25) is 5.02 Å². The molecule has 5 nitrogen and oxygen atoms in total. The van der Waals surface area contributed by atoms with Crippen LogP contribution in [0.15, 0.2) is 18.2 Å². The predicted octanol–water partition coefficient (Wildman–Crippen LogP) is 3.38. The molecule has 0 radical (unpaired) electrons. The van der Waals surface area contributed by atoms with Crippen molar-refractivity contribution in [2.24, 2.45) is 0 Å². The molecule has 1 aromatic carbocycles. The van der Waals surface area contributed by atoms with E-state index in [1.807, 2.05) is 13.8 Å². The van der Waals surface area contributed by atoms with Gasteiger partial charge in [0.2, 0.25) is 0 Å². The normalized spacial score (nSPS) is 18.4. The summed E-state index contributed by atoms with van der Waals surface area (Å²) in [5, 5.41) is 3.43. The van der Waals surface area contributed by atoms with Crippen molar-refractivity contribution in [2.75, 3.05) is 31.6 Å². The molecule has 0 spiro atoms. The molecule has 2 amide bonds. The van der Waals surface area contributed by atoms with Crippen LogP contribution in [0.25, 0.3) is 0 Å². The van der Waals surface area contributed by atoms with Gasteiger partial charge in [0.05, 0.1) is 25.0 Å². The maximum atomic E-state index is 12.3. The van der Waals surface area contributed by atoms with E-state index < -0.39 is 0 Å². The Morgan fingerprint density at radius 2 is 2.38 bits per heavy atom. The first-order chi connectivity index (χ1) is 10.1. The first-order valence-corrected chi connectivity index (χ1v) is 7.58. The average Bonchev–Trinajstić information content (AvgIpc) is 2.46. The number of carbonyl (C=O) groups excluding carboxylic acids is 1. The number of anilines is 1. The number of halogens is 1. The highest BCUT2D eigenvalue weighted by molar-refractivity contribution is 6.31. The van der Waals surface area contributed by atoms with Crippen molar-refractivity contribution in [3.05, 3.63) is 23.2 Å². The molecule has 1 atom stereocenters. The minimum atomic E-state index is -0.159. The van der Waals surface area contributed by atoms with Crippen molar-refractivity contribution < 1.29 is 14.3 Å². The minimum absolute atomic E-state index is 0.0553. The number of ether oxygens (including phenoxy) is 2. The van der Waals surface area contributed by atoms with Gasteiger partial charge >= 0.3 is 6.03 Å². The van der Waals surface area contributed by atoms with E-state index in [0.717, 1.165) is 6.42 Å². The molecule has 6 heteroatoms. The molecule has 1 aliphatic heterocycles. The smallest absolute Gasteiger partial charge is 0.322 e. The second kappa shape index (κ2) is 7.52. The van der Waals surface area contributed by atoms with Gasteiger partial charge in [0, 0.05) is 18.1 Å². The topological polar surface area (TPSA) is 50.8 Å². The number of carbonyl (C=O) groups is 1. The lowest BCUT2D eigenvalue weighted by Crippen LogP contribution is -2.46. The number of amides is 2. The van der Waals surface area contributed by atoms with Gasteiger partial charge in [0.15, 0.2) is 0 Å². The molecule has 116 valence electrons. The van der Waals surface area contributed by atoms with Crippen LogP contribution >= 0.6 is 11.6 Å². The summed E-state index contributed by atoms with van der Waals surface area (Å²) in [5.41, 5.74) is 0.597. The van der Waals surface area contributed by atoms with E-state index in [4.69, 9.17) is 21.1 Å². The van der Waals surface area contributed by atoms with Gasteiger partial charge in [0.1, 0.15) is 5.75 Å². The third-order valence-corrected chi connectivity index (χ3v) is 3.41. The number of urea groups is 1. The van der Waals surface area contributed by atoms with Crippen LogP contribution in [0.4, 0.5) is 10.5 Å². The summed E-state index contributed by atoms with van der Waals surface area (Å²) in [6.07, 6.45) is 0.955. The first-order valence-electron chi connectivity index (χ1n) is 7.20. The Morgan fingerprint density at radius 1 is 1.57 bits per heavy atom. The van der Waals surface area contributed by atoms with Crippen LogP contribution in [0.5, 0.6) is 5.75 Å². The van der Waals surface area contributed by atoms with E-state index in [1.54, 1.807) is 23.1 Å². The van der Waals surface area contributed by atoms with Gasteiger partial charge in [-0.15, -0.1) is 0 Å². The van der Waals surface area contributed by atoms with Gasteiger partial charge < -0.3 is 19.7 Å². The Balaban J connectivity index is 2.06. The fourth-order valence-corrected chi connectivity index (χ4v) is 2.31. The van der Waals surface area contributed by atoms with Crippen LogP contribution in [0, 0.1) is 0 Å². The molecular formula is C15H21ClN2O3. The van der Waals surface area contributed by atoms with Crippen LogP contribution < -0.4 is 10.1 Å². The molecule has 1 heterocycles. The molecule has 1 aliphatic rings. The van der Waals surface area contributed by atoms with Gasteiger partial charge in [-0.25, -0.2) is 4.79 Å². The Kier molecular flexibility index (Phi) is 5.70. The second-order valence-corrected chi connectivity index (χ2v) is 5.48. The first kappa shape index (κ1) is 15.9. The molecule has 2 rings (SSSR count). The molecule has 1 fully saturated rings. The van der Waals surface area contributed by atoms with E-state index >= 15 is 0 Å². The van der Waals surface area contributed by atoms with Gasteiger partial charge in [-0.1, -0.05) is 18.5 Å². The van der Waals surface area contributed by atoms with Crippen molar-refractivity contribution >= 4 is 23.3 Å². The number of morpholine rings is 1. The third-order valence-electron chi connectivity index (χ3n) is 3.17. The Bertz CT molecular complexity index is 496. The Hall–Kier alpha value is -1.46. The third kappa shape index (κ3) is 4.51. The Morgan fingerprint density at radius 3 is 3.10 bits per heavy atom. The highest BCUT2D eigenvalue weighted by Gasteiger charge is 2.22. The van der Waals surface area contributed by atoms with Crippen molar-refractivity contribution in [3.63, 3.8) is 0 Å². The molecule has 1 aromatic rings. The van der Waals surface area contributed by atoms with E-state index in [9.17, 15) is 4.79 Å². The number of benzene rings is 1. The highest BCUT2D eigenvalue weighted by atomic mass is 35.5. The number of nitrogens with zero attached hydrogens (tertiary/aromatic N) is 1. The summed E-state index contributed by atoms with van der Waals surface area (Å²) < 4.78 is 11.1. The lowest BCUT2D eigenvalue weighted by atomic mass is 10.3. The number of hydrogen-bond acceptors (Lipinski definition) is 3. The van der Waals surface area contributed by atoms with E-state index in [1.165, 1.54) is 0 Å². The van der Waals surface area contributed by atoms with Crippen molar-refractivity contribution in [2.45, 2.75) is 26.4 Å². The predicted molar refractivity (Wildman–Crippen MR) is 83.2 cm³/mol. The quantitative estimate of drug-likeness (QED) is 0.927. The summed E-state index contributed by atoms with van der Waals surface area (Å²) in [5.74, 6) is 0.635. The molecule has 1 unspecified atom stereocenters. The molecule has 21 heavy (non-hydrogen) atoms. The molecular weight excluding hydrogens is 292 g/mol. The van der Waals surface area contributed by atoms with E-state index in [-0.39, 0.29) is 12.1 Å². The molecule has 0 bridgehead atoms. The summed E-state index contributed by atoms with van der Waals surface area (Å²) in [6.45, 7) is 6.31. The minimum Gasteiger partial charge on any atom is -0.491 e.